The Hall–Kier alpha value is -3.88. The van der Waals surface area contributed by atoms with Crippen LogP contribution in [-0.4, -0.2) is 60.2 Å². The number of piperazine rings is 1. The summed E-state index contributed by atoms with van der Waals surface area (Å²) < 4.78 is 38.2. The third kappa shape index (κ3) is 5.79. The molecule has 0 atom stereocenters. The Balaban J connectivity index is 1.25. The molecule has 0 spiro atoms. The maximum Gasteiger partial charge on any atom is 0.416 e. The summed E-state index contributed by atoms with van der Waals surface area (Å²) in [5.74, 6) is -0.891. The van der Waals surface area contributed by atoms with Crippen molar-refractivity contribution in [3.05, 3.63) is 83.4 Å². The number of benzene rings is 3. The smallest absolute Gasteiger partial charge is 0.347 e. The third-order valence-electron chi connectivity index (χ3n) is 6.05. The number of amides is 3. The normalized spacial score (nSPS) is 14.1. The average Bonchev–Trinajstić information content (AvgIpc) is 2.87. The van der Waals surface area contributed by atoms with Gasteiger partial charge in [0.05, 0.1) is 18.5 Å². The molecule has 3 aromatic carbocycles. The summed E-state index contributed by atoms with van der Waals surface area (Å²) in [6.07, 6.45) is -4.30. The predicted molar refractivity (Wildman–Crippen MR) is 125 cm³/mol. The maximum absolute atomic E-state index is 12.7. The lowest BCUT2D eigenvalue weighted by atomic mass is 10.0. The number of carbonyl (C=O) groups is 3. The van der Waals surface area contributed by atoms with Crippen LogP contribution in [0.2, 0.25) is 0 Å². The number of alkyl halides is 3. The highest BCUT2D eigenvalue weighted by Crippen LogP contribution is 2.29. The molecule has 1 N–H and O–H groups in total. The van der Waals surface area contributed by atoms with Crippen LogP contribution in [-0.2, 0) is 22.2 Å². The van der Waals surface area contributed by atoms with Gasteiger partial charge in [0.15, 0.2) is 0 Å². The summed E-state index contributed by atoms with van der Waals surface area (Å²) in [5, 5.41) is 4.70. The molecule has 1 aliphatic heterocycles. The molecule has 0 aromatic heterocycles. The lowest BCUT2D eigenvalue weighted by Crippen LogP contribution is -2.52. The van der Waals surface area contributed by atoms with Gasteiger partial charge in [0.25, 0.3) is 5.91 Å². The van der Waals surface area contributed by atoms with Gasteiger partial charge in [-0.2, -0.15) is 13.2 Å². The van der Waals surface area contributed by atoms with Crippen LogP contribution in [0.15, 0.2) is 66.7 Å². The Morgan fingerprint density at radius 1 is 0.800 bits per heavy atom. The number of nitrogens with zero attached hydrogens (tertiary/aromatic N) is 2. The number of rotatable bonds is 5. The molecule has 0 aliphatic carbocycles. The van der Waals surface area contributed by atoms with Gasteiger partial charge in [-0.1, -0.05) is 42.5 Å². The molecule has 6 nitrogen and oxygen atoms in total. The van der Waals surface area contributed by atoms with Crippen LogP contribution >= 0.6 is 0 Å². The van der Waals surface area contributed by atoms with Crippen LogP contribution in [0, 0.1) is 0 Å². The van der Waals surface area contributed by atoms with Crippen molar-refractivity contribution < 1.29 is 27.6 Å². The summed E-state index contributed by atoms with van der Waals surface area (Å²) in [7, 11) is 0. The SMILES string of the molecule is O=C(Cc1cccc2ccccc12)NCC(=O)N1CCN(C(=O)c2ccc(C(F)(F)F)cc2)CC1. The molecule has 0 bridgehead atoms. The molecule has 1 fully saturated rings. The molecule has 3 aromatic rings. The summed E-state index contributed by atoms with van der Waals surface area (Å²) in [5.41, 5.74) is 0.230. The Morgan fingerprint density at radius 2 is 1.43 bits per heavy atom. The van der Waals surface area contributed by atoms with Gasteiger partial charge >= 0.3 is 6.18 Å². The summed E-state index contributed by atoms with van der Waals surface area (Å²) >= 11 is 0. The Morgan fingerprint density at radius 3 is 2.11 bits per heavy atom. The number of carbonyl (C=O) groups excluding carboxylic acids is 3. The highest BCUT2D eigenvalue weighted by molar-refractivity contribution is 5.95. The second-order valence-electron chi connectivity index (χ2n) is 8.34. The van der Waals surface area contributed by atoms with Gasteiger partial charge in [0, 0.05) is 31.7 Å². The van der Waals surface area contributed by atoms with Crippen molar-refractivity contribution in [3.63, 3.8) is 0 Å². The van der Waals surface area contributed by atoms with Crippen molar-refractivity contribution >= 4 is 28.5 Å². The van der Waals surface area contributed by atoms with Crippen molar-refractivity contribution in [2.24, 2.45) is 0 Å². The van der Waals surface area contributed by atoms with E-state index in [1.165, 1.54) is 4.90 Å². The van der Waals surface area contributed by atoms with Crippen LogP contribution in [0.4, 0.5) is 13.2 Å². The van der Waals surface area contributed by atoms with Gasteiger partial charge in [0.2, 0.25) is 11.8 Å². The summed E-state index contributed by atoms with van der Waals surface area (Å²) in [4.78, 5) is 40.6. The van der Waals surface area contributed by atoms with Crippen molar-refractivity contribution in [1.29, 1.82) is 0 Å². The minimum atomic E-state index is -4.46. The van der Waals surface area contributed by atoms with Crippen LogP contribution in [0.3, 0.4) is 0 Å². The van der Waals surface area contributed by atoms with Crippen LogP contribution in [0.5, 0.6) is 0 Å². The minimum absolute atomic E-state index is 0.142. The highest BCUT2D eigenvalue weighted by Gasteiger charge is 2.31. The van der Waals surface area contributed by atoms with E-state index in [1.54, 1.807) is 4.90 Å². The van der Waals surface area contributed by atoms with Crippen molar-refractivity contribution in [2.45, 2.75) is 12.6 Å². The Bertz CT molecular complexity index is 1230. The van der Waals surface area contributed by atoms with Crippen LogP contribution in [0.1, 0.15) is 21.5 Å². The first-order valence-electron chi connectivity index (χ1n) is 11.2. The Kier molecular flexibility index (Phi) is 7.04. The predicted octanol–water partition coefficient (Wildman–Crippen LogP) is 3.50. The number of hydrogen-bond acceptors (Lipinski definition) is 3. The van der Waals surface area contributed by atoms with Crippen LogP contribution < -0.4 is 5.32 Å². The highest BCUT2D eigenvalue weighted by atomic mass is 19.4. The first kappa shape index (κ1) is 24.3. The molecule has 4 rings (SSSR count). The minimum Gasteiger partial charge on any atom is -0.347 e. The fourth-order valence-corrected chi connectivity index (χ4v) is 4.11. The monoisotopic (exact) mass is 483 g/mol. The molecule has 0 saturated carbocycles. The van der Waals surface area contributed by atoms with E-state index >= 15 is 0 Å². The van der Waals surface area contributed by atoms with E-state index in [0.717, 1.165) is 40.6 Å². The van der Waals surface area contributed by atoms with Crippen molar-refractivity contribution in [2.75, 3.05) is 32.7 Å². The zero-order chi connectivity index (χ0) is 25.0. The molecule has 1 saturated heterocycles. The fourth-order valence-electron chi connectivity index (χ4n) is 4.11. The van der Waals surface area contributed by atoms with Crippen LogP contribution in [0.25, 0.3) is 10.8 Å². The first-order valence-corrected chi connectivity index (χ1v) is 11.2. The van der Waals surface area contributed by atoms with Gasteiger partial charge in [-0.15, -0.1) is 0 Å². The molecule has 1 aliphatic rings. The zero-order valence-electron chi connectivity index (χ0n) is 18.8. The second-order valence-corrected chi connectivity index (χ2v) is 8.34. The average molecular weight is 483 g/mol. The van der Waals surface area contributed by atoms with E-state index < -0.39 is 11.7 Å². The van der Waals surface area contributed by atoms with E-state index in [-0.39, 0.29) is 62.4 Å². The van der Waals surface area contributed by atoms with Gasteiger partial charge in [0.1, 0.15) is 0 Å². The lowest BCUT2D eigenvalue weighted by Gasteiger charge is -2.35. The van der Waals surface area contributed by atoms with Crippen molar-refractivity contribution in [3.8, 4) is 0 Å². The van der Waals surface area contributed by atoms with Gasteiger partial charge < -0.3 is 15.1 Å². The van der Waals surface area contributed by atoms with E-state index in [4.69, 9.17) is 0 Å². The Labute approximate surface area is 200 Å². The van der Waals surface area contributed by atoms with Crippen molar-refractivity contribution in [1.82, 2.24) is 15.1 Å². The van der Waals surface area contributed by atoms with E-state index in [0.29, 0.717) is 0 Å². The van der Waals surface area contributed by atoms with E-state index in [9.17, 15) is 27.6 Å². The molecule has 0 radical (unpaired) electrons. The molecular weight excluding hydrogens is 459 g/mol. The topological polar surface area (TPSA) is 69.7 Å². The lowest BCUT2D eigenvalue weighted by molar-refractivity contribution is -0.137. The first-order chi connectivity index (χ1) is 16.7. The third-order valence-corrected chi connectivity index (χ3v) is 6.05. The molecule has 1 heterocycles. The summed E-state index contributed by atoms with van der Waals surface area (Å²) in [6.45, 7) is 0.941. The van der Waals surface area contributed by atoms with E-state index in [1.807, 2.05) is 42.5 Å². The second kappa shape index (κ2) is 10.2. The number of nitrogens with one attached hydrogen (secondary N) is 1. The van der Waals surface area contributed by atoms with E-state index in [2.05, 4.69) is 5.32 Å². The largest absolute Gasteiger partial charge is 0.416 e. The molecule has 0 unspecified atom stereocenters. The zero-order valence-corrected chi connectivity index (χ0v) is 18.8. The molecule has 9 heteroatoms. The molecule has 182 valence electrons. The number of halogens is 3. The molecule has 35 heavy (non-hydrogen) atoms. The summed E-state index contributed by atoms with van der Waals surface area (Å²) in [6, 6.07) is 17.6. The molecule has 3 amide bonds. The van der Waals surface area contributed by atoms with Gasteiger partial charge in [-0.25, -0.2) is 0 Å². The van der Waals surface area contributed by atoms with Gasteiger partial charge in [-0.05, 0) is 40.6 Å². The maximum atomic E-state index is 12.7. The number of hydrogen-bond donors (Lipinski definition) is 1. The molecular formula is C26H24F3N3O3. The standard InChI is InChI=1S/C26H24F3N3O3/c27-26(28,29)21-10-8-19(9-11-21)25(35)32-14-12-31(13-15-32)24(34)17-30-23(33)16-20-6-3-5-18-4-1-2-7-22(18)20/h1-11H,12-17H2,(H,30,33). The fraction of sp³-hybridized carbons (Fsp3) is 0.269. The quantitative estimate of drug-likeness (QED) is 0.604. The van der Waals surface area contributed by atoms with Gasteiger partial charge in [-0.3, -0.25) is 14.4 Å². The number of fused-ring (bicyclic) bond motifs is 1.